The Labute approximate surface area is 166 Å². The first-order chi connectivity index (χ1) is 13.0. The van der Waals surface area contributed by atoms with Crippen LogP contribution in [0.4, 0.5) is 0 Å². The number of rotatable bonds is 2. The van der Waals surface area contributed by atoms with Crippen LogP contribution >= 0.6 is 15.9 Å². The Morgan fingerprint density at radius 3 is 2.67 bits per heavy atom. The normalized spacial score (nSPS) is 18.0. The fraction of sp³-hybridized carbons (Fsp3) is 0.333. The summed E-state index contributed by atoms with van der Waals surface area (Å²) in [6, 6.07) is 12.7. The number of halogens is 1. The number of Topliss-reactive ketones (excluding diaryl/α,β-unsaturated/α-hetero) is 1. The van der Waals surface area contributed by atoms with E-state index in [-0.39, 0.29) is 11.7 Å². The first-order valence-electron chi connectivity index (χ1n) is 8.95. The topological polar surface area (TPSA) is 55.8 Å². The number of fused-ring (bicyclic) bond motifs is 1. The highest BCUT2D eigenvalue weighted by molar-refractivity contribution is 9.10. The highest BCUT2D eigenvalue weighted by Crippen LogP contribution is 2.39. The number of carbonyl (C=O) groups is 2. The molecule has 5 nitrogen and oxygen atoms in total. The Bertz CT molecular complexity index is 903. The van der Waals surface area contributed by atoms with Gasteiger partial charge in [-0.15, -0.1) is 0 Å². The molecule has 0 N–H and O–H groups in total. The molecule has 140 valence electrons. The van der Waals surface area contributed by atoms with E-state index < -0.39 is 5.60 Å². The van der Waals surface area contributed by atoms with E-state index in [0.29, 0.717) is 55.0 Å². The third kappa shape index (κ3) is 3.34. The van der Waals surface area contributed by atoms with E-state index in [9.17, 15) is 9.59 Å². The molecule has 0 unspecified atom stereocenters. The van der Waals surface area contributed by atoms with Crippen LogP contribution in [0.25, 0.3) is 0 Å². The minimum Gasteiger partial charge on any atom is -0.496 e. The molecule has 4 rings (SSSR count). The van der Waals surface area contributed by atoms with Gasteiger partial charge in [0.2, 0.25) is 0 Å². The zero-order valence-electron chi connectivity index (χ0n) is 15.0. The number of methoxy groups -OCH3 is 1. The van der Waals surface area contributed by atoms with Gasteiger partial charge >= 0.3 is 0 Å². The number of piperidine rings is 1. The fourth-order valence-electron chi connectivity index (χ4n) is 3.81. The lowest BCUT2D eigenvalue weighted by Crippen LogP contribution is -2.52. The van der Waals surface area contributed by atoms with Gasteiger partial charge in [-0.3, -0.25) is 9.59 Å². The Balaban J connectivity index is 1.48. The van der Waals surface area contributed by atoms with Crippen molar-refractivity contribution in [3.8, 4) is 11.5 Å². The lowest BCUT2D eigenvalue weighted by Gasteiger charge is -2.44. The third-order valence-electron chi connectivity index (χ3n) is 5.36. The van der Waals surface area contributed by atoms with E-state index in [4.69, 9.17) is 9.47 Å². The second-order valence-electron chi connectivity index (χ2n) is 7.02. The van der Waals surface area contributed by atoms with Crippen LogP contribution in [-0.4, -0.2) is 42.4 Å². The van der Waals surface area contributed by atoms with Crippen molar-refractivity contribution in [2.75, 3.05) is 20.2 Å². The number of carbonyl (C=O) groups excluding carboxylic acids is 2. The lowest BCUT2D eigenvalue weighted by molar-refractivity contribution is -0.00571. The molecule has 2 aliphatic heterocycles. The molecule has 1 fully saturated rings. The molecule has 0 aliphatic carbocycles. The first-order valence-corrected chi connectivity index (χ1v) is 9.75. The van der Waals surface area contributed by atoms with Gasteiger partial charge in [-0.1, -0.05) is 12.1 Å². The van der Waals surface area contributed by atoms with Crippen LogP contribution in [0, 0.1) is 0 Å². The summed E-state index contributed by atoms with van der Waals surface area (Å²) in [4.78, 5) is 27.2. The number of nitrogens with zero attached hydrogens (tertiary/aromatic N) is 1. The van der Waals surface area contributed by atoms with Crippen LogP contribution in [-0.2, 0) is 0 Å². The van der Waals surface area contributed by atoms with Crippen molar-refractivity contribution in [2.45, 2.75) is 24.9 Å². The summed E-state index contributed by atoms with van der Waals surface area (Å²) in [6.07, 6.45) is 1.66. The van der Waals surface area contributed by atoms with E-state index >= 15 is 0 Å². The summed E-state index contributed by atoms with van der Waals surface area (Å²) >= 11 is 3.40. The van der Waals surface area contributed by atoms with Crippen LogP contribution in [0.5, 0.6) is 11.5 Å². The summed E-state index contributed by atoms with van der Waals surface area (Å²) in [5.74, 6) is 1.38. The minimum absolute atomic E-state index is 0.0295. The molecule has 1 spiro atoms. The van der Waals surface area contributed by atoms with Crippen molar-refractivity contribution in [1.29, 1.82) is 0 Å². The largest absolute Gasteiger partial charge is 0.496 e. The van der Waals surface area contributed by atoms with Crippen molar-refractivity contribution in [1.82, 2.24) is 4.90 Å². The predicted molar refractivity (Wildman–Crippen MR) is 105 cm³/mol. The molecule has 1 saturated heterocycles. The number of hydrogen-bond donors (Lipinski definition) is 0. The second kappa shape index (κ2) is 7.00. The van der Waals surface area contributed by atoms with Gasteiger partial charge in [0, 0.05) is 31.5 Å². The van der Waals surface area contributed by atoms with Gasteiger partial charge in [0.25, 0.3) is 5.91 Å². The van der Waals surface area contributed by atoms with Gasteiger partial charge in [0.15, 0.2) is 5.78 Å². The molecule has 0 atom stereocenters. The molecule has 1 amide bonds. The summed E-state index contributed by atoms with van der Waals surface area (Å²) in [5.41, 5.74) is 0.750. The highest BCUT2D eigenvalue weighted by Gasteiger charge is 2.43. The molecule has 0 saturated carbocycles. The van der Waals surface area contributed by atoms with Gasteiger partial charge < -0.3 is 14.4 Å². The Morgan fingerprint density at radius 1 is 1.19 bits per heavy atom. The maximum absolute atomic E-state index is 12.9. The Hall–Kier alpha value is -2.34. The maximum Gasteiger partial charge on any atom is 0.253 e. The van der Waals surface area contributed by atoms with E-state index in [2.05, 4.69) is 15.9 Å². The molecule has 2 aliphatic rings. The summed E-state index contributed by atoms with van der Waals surface area (Å²) < 4.78 is 12.3. The molecule has 27 heavy (non-hydrogen) atoms. The van der Waals surface area contributed by atoms with E-state index in [1.807, 2.05) is 35.2 Å². The van der Waals surface area contributed by atoms with Crippen molar-refractivity contribution in [2.24, 2.45) is 0 Å². The molecular weight excluding hydrogens is 410 g/mol. The van der Waals surface area contributed by atoms with Crippen LogP contribution in [0.3, 0.4) is 0 Å². The number of likely N-dealkylation sites (tertiary alicyclic amines) is 1. The molecule has 0 radical (unpaired) electrons. The van der Waals surface area contributed by atoms with Gasteiger partial charge in [0.05, 0.1) is 23.6 Å². The predicted octanol–water partition coefficient (Wildman–Crippen LogP) is 4.10. The van der Waals surface area contributed by atoms with E-state index in [0.717, 1.165) is 4.47 Å². The number of ketones is 1. The van der Waals surface area contributed by atoms with Crippen LogP contribution in [0.1, 0.15) is 40.0 Å². The number of benzene rings is 2. The van der Waals surface area contributed by atoms with Crippen molar-refractivity contribution in [3.63, 3.8) is 0 Å². The van der Waals surface area contributed by atoms with Crippen molar-refractivity contribution >= 4 is 27.6 Å². The van der Waals surface area contributed by atoms with Crippen LogP contribution < -0.4 is 9.47 Å². The van der Waals surface area contributed by atoms with Gasteiger partial charge in [-0.25, -0.2) is 0 Å². The summed E-state index contributed by atoms with van der Waals surface area (Å²) in [7, 11) is 1.58. The summed E-state index contributed by atoms with van der Waals surface area (Å²) in [5, 5.41) is 0. The quantitative estimate of drug-likeness (QED) is 0.720. The number of ether oxygens (including phenoxy) is 2. The van der Waals surface area contributed by atoms with Crippen LogP contribution in [0.2, 0.25) is 0 Å². The molecule has 0 bridgehead atoms. The number of amides is 1. The Morgan fingerprint density at radius 2 is 1.93 bits per heavy atom. The average Bonchev–Trinajstić information content (AvgIpc) is 2.68. The van der Waals surface area contributed by atoms with Crippen molar-refractivity contribution in [3.05, 3.63) is 58.1 Å². The average molecular weight is 430 g/mol. The molecule has 2 aromatic carbocycles. The fourth-order valence-corrected chi connectivity index (χ4v) is 4.22. The maximum atomic E-state index is 12.9. The SMILES string of the molecule is COc1cc(C(=O)N2CCC3(CC2)CC(=O)c2ccccc2O3)ccc1Br. The zero-order valence-corrected chi connectivity index (χ0v) is 16.6. The van der Waals surface area contributed by atoms with Crippen molar-refractivity contribution < 1.29 is 19.1 Å². The van der Waals surface area contributed by atoms with Gasteiger partial charge in [-0.05, 0) is 46.3 Å². The molecule has 0 aromatic heterocycles. The van der Waals surface area contributed by atoms with Crippen LogP contribution in [0.15, 0.2) is 46.9 Å². The third-order valence-corrected chi connectivity index (χ3v) is 6.01. The summed E-state index contributed by atoms with van der Waals surface area (Å²) in [6.45, 7) is 1.12. The standard InChI is InChI=1S/C21H20BrNO4/c1-26-19-12-14(6-7-16(19)22)20(25)23-10-8-21(9-11-23)13-17(24)15-4-2-3-5-18(15)27-21/h2-7,12H,8-11,13H2,1H3. The first kappa shape index (κ1) is 18.0. The van der Waals surface area contributed by atoms with E-state index in [1.165, 1.54) is 0 Å². The van der Waals surface area contributed by atoms with Gasteiger partial charge in [0.1, 0.15) is 17.1 Å². The number of para-hydroxylation sites is 1. The molecule has 2 heterocycles. The monoisotopic (exact) mass is 429 g/mol. The second-order valence-corrected chi connectivity index (χ2v) is 7.88. The smallest absolute Gasteiger partial charge is 0.253 e. The van der Waals surface area contributed by atoms with Gasteiger partial charge in [-0.2, -0.15) is 0 Å². The zero-order chi connectivity index (χ0) is 19.0. The number of hydrogen-bond acceptors (Lipinski definition) is 4. The highest BCUT2D eigenvalue weighted by atomic mass is 79.9. The van der Waals surface area contributed by atoms with E-state index in [1.54, 1.807) is 19.2 Å². The molecule has 6 heteroatoms. The lowest BCUT2D eigenvalue weighted by atomic mass is 9.82. The molecular formula is C21H20BrNO4. The Kier molecular flexibility index (Phi) is 4.68. The minimum atomic E-state index is -0.500. The molecule has 2 aromatic rings.